The van der Waals surface area contributed by atoms with Gasteiger partial charge in [0.05, 0.1) is 0 Å². The Balaban J connectivity index is 2.24. The van der Waals surface area contributed by atoms with Crippen LogP contribution in [0.25, 0.3) is 0 Å². The Morgan fingerprint density at radius 1 is 1.43 bits per heavy atom. The van der Waals surface area contributed by atoms with Crippen LogP contribution in [0.2, 0.25) is 0 Å². The summed E-state index contributed by atoms with van der Waals surface area (Å²) in [6.45, 7) is 8.50. The Bertz CT molecular complexity index is 691. The fourth-order valence-corrected chi connectivity index (χ4v) is 3.22. The van der Waals surface area contributed by atoms with Gasteiger partial charge in [0, 0.05) is 44.4 Å². The van der Waals surface area contributed by atoms with Crippen molar-refractivity contribution in [2.24, 2.45) is 11.1 Å². The highest BCUT2D eigenvalue weighted by atomic mass is 19.3. The SMILES string of the molecule is C=NO/C(=C\Cc1nnc([C@H](CC=O)CC(C)(F)F)n1C1CC1)CCC(C)C. The van der Waals surface area contributed by atoms with E-state index in [1.807, 2.05) is 10.6 Å². The maximum atomic E-state index is 13.6. The number of aldehydes is 1. The fraction of sp³-hybridized carbons (Fsp3) is 0.700. The number of allylic oxidation sites excluding steroid dienone is 2. The van der Waals surface area contributed by atoms with Crippen molar-refractivity contribution < 1.29 is 18.4 Å². The third-order valence-corrected chi connectivity index (χ3v) is 4.72. The topological polar surface area (TPSA) is 69.4 Å². The van der Waals surface area contributed by atoms with Gasteiger partial charge in [-0.3, -0.25) is 0 Å². The van der Waals surface area contributed by atoms with Gasteiger partial charge >= 0.3 is 0 Å². The third-order valence-electron chi connectivity index (χ3n) is 4.72. The number of hydrogen-bond acceptors (Lipinski definition) is 5. The number of nitrogens with zero attached hydrogens (tertiary/aromatic N) is 4. The third kappa shape index (κ3) is 6.80. The van der Waals surface area contributed by atoms with Crippen LogP contribution in [0.3, 0.4) is 0 Å². The van der Waals surface area contributed by atoms with E-state index in [0.717, 1.165) is 32.6 Å². The summed E-state index contributed by atoms with van der Waals surface area (Å²) in [6, 6.07) is 0.214. The lowest BCUT2D eigenvalue weighted by Crippen LogP contribution is -2.19. The van der Waals surface area contributed by atoms with Gasteiger partial charge in [-0.2, -0.15) is 0 Å². The molecule has 0 spiro atoms. The van der Waals surface area contributed by atoms with Gasteiger partial charge in [-0.25, -0.2) is 8.78 Å². The molecule has 1 aromatic heterocycles. The molecule has 28 heavy (non-hydrogen) atoms. The second-order valence-corrected chi connectivity index (χ2v) is 7.98. The van der Waals surface area contributed by atoms with E-state index in [4.69, 9.17) is 4.84 Å². The lowest BCUT2D eigenvalue weighted by atomic mass is 9.97. The van der Waals surface area contributed by atoms with Gasteiger partial charge in [-0.05, 0) is 38.2 Å². The molecule has 1 fully saturated rings. The van der Waals surface area contributed by atoms with E-state index < -0.39 is 18.3 Å². The lowest BCUT2D eigenvalue weighted by Gasteiger charge is -2.19. The summed E-state index contributed by atoms with van der Waals surface area (Å²) in [5.74, 6) is -1.11. The highest BCUT2D eigenvalue weighted by Crippen LogP contribution is 2.40. The number of carbonyl (C=O) groups excluding carboxylic acids is 1. The molecule has 2 rings (SSSR count). The van der Waals surface area contributed by atoms with Gasteiger partial charge < -0.3 is 14.2 Å². The minimum absolute atomic E-state index is 0.00720. The quantitative estimate of drug-likeness (QED) is 0.207. The predicted octanol–water partition coefficient (Wildman–Crippen LogP) is 4.83. The van der Waals surface area contributed by atoms with Crippen molar-refractivity contribution in [3.8, 4) is 0 Å². The van der Waals surface area contributed by atoms with Crippen molar-refractivity contribution in [1.29, 1.82) is 0 Å². The normalized spacial score (nSPS) is 16.3. The molecule has 0 aromatic carbocycles. The lowest BCUT2D eigenvalue weighted by molar-refractivity contribution is -0.108. The van der Waals surface area contributed by atoms with Gasteiger partial charge in [0.1, 0.15) is 23.7 Å². The maximum Gasteiger partial charge on any atom is 0.246 e. The van der Waals surface area contributed by atoms with Crippen LogP contribution in [0.5, 0.6) is 0 Å². The predicted molar refractivity (Wildman–Crippen MR) is 103 cm³/mol. The summed E-state index contributed by atoms with van der Waals surface area (Å²) in [6.07, 6.45) is 6.23. The minimum atomic E-state index is -2.87. The zero-order valence-corrected chi connectivity index (χ0v) is 16.9. The van der Waals surface area contributed by atoms with Gasteiger partial charge in [0.15, 0.2) is 0 Å². The van der Waals surface area contributed by atoms with Crippen LogP contribution < -0.4 is 0 Å². The Morgan fingerprint density at radius 3 is 2.68 bits per heavy atom. The Kier molecular flexibility index (Phi) is 7.83. The van der Waals surface area contributed by atoms with E-state index in [0.29, 0.717) is 36.0 Å². The number of carbonyl (C=O) groups is 1. The van der Waals surface area contributed by atoms with E-state index in [1.54, 1.807) is 0 Å². The zero-order chi connectivity index (χ0) is 20.7. The number of aromatic nitrogens is 3. The number of rotatable bonds is 13. The van der Waals surface area contributed by atoms with Crippen LogP contribution in [-0.2, 0) is 16.1 Å². The minimum Gasteiger partial charge on any atom is -0.362 e. The van der Waals surface area contributed by atoms with E-state index in [2.05, 4.69) is 35.9 Å². The first-order chi connectivity index (χ1) is 13.2. The summed E-state index contributed by atoms with van der Waals surface area (Å²) >= 11 is 0. The number of halogens is 2. The molecule has 1 aromatic rings. The standard InChI is InChI=1S/C20H30F2N4O2/c1-14(2)5-8-17(28-23-4)9-10-18-24-25-19(26(18)16-6-7-16)15(11-12-27)13-20(3,21)22/h9,12,14-16H,4-8,10-11,13H2,1-3H3/b17-9-/t15-/m1/s1. The molecule has 8 heteroatoms. The van der Waals surface area contributed by atoms with Crippen molar-refractivity contribution in [2.75, 3.05) is 0 Å². The van der Waals surface area contributed by atoms with Crippen molar-refractivity contribution in [2.45, 2.75) is 83.6 Å². The average molecular weight is 396 g/mol. The molecule has 0 unspecified atom stereocenters. The smallest absolute Gasteiger partial charge is 0.246 e. The largest absolute Gasteiger partial charge is 0.362 e. The Morgan fingerprint density at radius 2 is 2.14 bits per heavy atom. The molecule has 0 bridgehead atoms. The molecule has 6 nitrogen and oxygen atoms in total. The van der Waals surface area contributed by atoms with Crippen molar-refractivity contribution >= 4 is 13.0 Å². The zero-order valence-electron chi connectivity index (χ0n) is 16.9. The van der Waals surface area contributed by atoms with E-state index in [-0.39, 0.29) is 12.5 Å². The summed E-state index contributed by atoms with van der Waals surface area (Å²) < 4.78 is 29.2. The maximum absolute atomic E-state index is 13.6. The molecule has 1 heterocycles. The molecular weight excluding hydrogens is 366 g/mol. The highest BCUT2D eigenvalue weighted by molar-refractivity contribution is 5.51. The van der Waals surface area contributed by atoms with E-state index in [1.165, 1.54) is 0 Å². The summed E-state index contributed by atoms with van der Waals surface area (Å²) in [7, 11) is 0. The number of hydrogen-bond donors (Lipinski definition) is 0. The first-order valence-corrected chi connectivity index (χ1v) is 9.82. The summed E-state index contributed by atoms with van der Waals surface area (Å²) in [5.41, 5.74) is 0. The van der Waals surface area contributed by atoms with Crippen molar-refractivity contribution in [3.05, 3.63) is 23.5 Å². The molecular formula is C20H30F2N4O2. The molecule has 1 aliphatic rings. The second-order valence-electron chi connectivity index (χ2n) is 7.98. The van der Waals surface area contributed by atoms with Crippen LogP contribution in [0, 0.1) is 5.92 Å². The number of alkyl halides is 2. The average Bonchev–Trinajstić information content (AvgIpc) is 3.35. The van der Waals surface area contributed by atoms with Gasteiger partial charge in [-0.1, -0.05) is 19.0 Å². The van der Waals surface area contributed by atoms with Crippen LogP contribution in [-0.4, -0.2) is 33.7 Å². The first kappa shape index (κ1) is 22.2. The highest BCUT2D eigenvalue weighted by Gasteiger charge is 2.35. The monoisotopic (exact) mass is 396 g/mol. The second kappa shape index (κ2) is 9.89. The van der Waals surface area contributed by atoms with Crippen LogP contribution in [0.15, 0.2) is 17.0 Å². The molecule has 156 valence electrons. The molecule has 0 amide bonds. The molecule has 0 saturated heterocycles. The van der Waals surface area contributed by atoms with Crippen LogP contribution >= 0.6 is 0 Å². The molecule has 1 atom stereocenters. The van der Waals surface area contributed by atoms with Crippen molar-refractivity contribution in [1.82, 2.24) is 14.8 Å². The molecule has 1 aliphatic carbocycles. The number of oxime groups is 1. The van der Waals surface area contributed by atoms with Gasteiger partial charge in [-0.15, -0.1) is 10.2 Å². The van der Waals surface area contributed by atoms with Crippen LogP contribution in [0.1, 0.15) is 82.9 Å². The summed E-state index contributed by atoms with van der Waals surface area (Å²) in [4.78, 5) is 16.3. The van der Waals surface area contributed by atoms with E-state index >= 15 is 0 Å². The molecule has 0 aliphatic heterocycles. The molecule has 1 saturated carbocycles. The van der Waals surface area contributed by atoms with Crippen LogP contribution in [0.4, 0.5) is 8.78 Å². The van der Waals surface area contributed by atoms with Gasteiger partial charge in [0.2, 0.25) is 5.92 Å². The Hall–Kier alpha value is -2.12. The van der Waals surface area contributed by atoms with E-state index in [9.17, 15) is 13.6 Å². The van der Waals surface area contributed by atoms with Crippen molar-refractivity contribution in [3.63, 3.8) is 0 Å². The molecule has 0 radical (unpaired) electrons. The fourth-order valence-electron chi connectivity index (χ4n) is 3.22. The van der Waals surface area contributed by atoms with Gasteiger partial charge in [0.25, 0.3) is 0 Å². The first-order valence-electron chi connectivity index (χ1n) is 9.82. The molecule has 0 N–H and O–H groups in total. The Labute approximate surface area is 165 Å². The summed E-state index contributed by atoms with van der Waals surface area (Å²) in [5, 5.41) is 11.9.